The molecule has 5 heteroatoms. The number of hydrogen-bond acceptors (Lipinski definition) is 5. The van der Waals surface area contributed by atoms with Crippen molar-refractivity contribution in [1.82, 2.24) is 15.0 Å². The van der Waals surface area contributed by atoms with Crippen molar-refractivity contribution < 1.29 is 14.0 Å². The van der Waals surface area contributed by atoms with Gasteiger partial charge in [0.25, 0.3) is 0 Å². The minimum Gasteiger partial charge on any atom is -0.456 e. The van der Waals surface area contributed by atoms with E-state index in [9.17, 15) is 1.37 Å². The third kappa shape index (κ3) is 4.87. The zero-order chi connectivity index (χ0) is 39.1. The number of furan rings is 1. The second-order valence-electron chi connectivity index (χ2n) is 11.9. The molecular weight excluding hydrogens is 631 g/mol. The summed E-state index contributed by atoms with van der Waals surface area (Å²) in [6, 6.07) is 36.8. The number of rotatable bonds is 5. The van der Waals surface area contributed by atoms with Gasteiger partial charge in [0.2, 0.25) is 0 Å². The van der Waals surface area contributed by atoms with E-state index in [2.05, 4.69) is 0 Å². The zero-order valence-corrected chi connectivity index (χ0v) is 27.0. The average Bonchev–Trinajstić information content (AvgIpc) is 3.84. The Labute approximate surface area is 301 Å². The van der Waals surface area contributed by atoms with Crippen molar-refractivity contribution in [3.05, 3.63) is 164 Å². The van der Waals surface area contributed by atoms with Crippen LogP contribution in [0.5, 0.6) is 0 Å². The molecule has 10 rings (SSSR count). The summed E-state index contributed by atoms with van der Waals surface area (Å²) in [6.07, 6.45) is 0. The van der Waals surface area contributed by atoms with Crippen LogP contribution in [0, 0.1) is 0 Å². The molecule has 10 aromatic rings. The molecule has 3 heterocycles. The SMILES string of the molecule is [2H]c1c([2H])c([2H])c2c(sc3c([2H])c([2H])c([2H])c(-c4cc(-c5ccccc5)cc(-c5nc(-c6ccccc6)nc(-c6ccc7c(c6)oc6ccccc67)n5)c4)c32)c1[2H]. The molecule has 3 aromatic heterocycles. The highest BCUT2D eigenvalue weighted by atomic mass is 32.1. The van der Waals surface area contributed by atoms with Crippen LogP contribution in [0.25, 0.3) is 98.5 Å². The molecule has 0 fully saturated rings. The monoisotopic (exact) mass is 664 g/mol. The van der Waals surface area contributed by atoms with Crippen molar-refractivity contribution in [3.8, 4) is 56.4 Å². The van der Waals surface area contributed by atoms with E-state index in [0.29, 0.717) is 44.3 Å². The fourth-order valence-electron chi connectivity index (χ4n) is 6.49. The van der Waals surface area contributed by atoms with Gasteiger partial charge in [0, 0.05) is 47.6 Å². The Morgan fingerprint density at radius 3 is 1.92 bits per heavy atom. The maximum atomic E-state index is 9.29. The lowest BCUT2D eigenvalue weighted by molar-refractivity contribution is 0.669. The Kier molecular flexibility index (Phi) is 5.17. The highest BCUT2D eigenvalue weighted by Crippen LogP contribution is 2.42. The number of fused-ring (bicyclic) bond motifs is 6. The van der Waals surface area contributed by atoms with E-state index >= 15 is 0 Å². The van der Waals surface area contributed by atoms with Crippen LogP contribution >= 0.6 is 11.3 Å². The lowest BCUT2D eigenvalue weighted by Crippen LogP contribution is -2.00. The fraction of sp³-hybridized carbons (Fsp3) is 0. The van der Waals surface area contributed by atoms with Crippen LogP contribution in [0.15, 0.2) is 168 Å². The summed E-state index contributed by atoms with van der Waals surface area (Å²) in [6.45, 7) is 0. The van der Waals surface area contributed by atoms with Crippen molar-refractivity contribution in [1.29, 1.82) is 0 Å². The Bertz CT molecular complexity index is 3280. The van der Waals surface area contributed by atoms with E-state index in [1.807, 2.05) is 121 Å². The maximum absolute atomic E-state index is 9.29. The molecule has 0 aliphatic carbocycles. The number of nitrogens with zero attached hydrogens (tertiary/aromatic N) is 3. The van der Waals surface area contributed by atoms with E-state index in [0.717, 1.165) is 49.9 Å². The third-order valence-corrected chi connectivity index (χ3v) is 9.86. The molecule has 0 radical (unpaired) electrons. The second kappa shape index (κ2) is 11.6. The third-order valence-electron chi connectivity index (χ3n) is 8.84. The first-order valence-corrected chi connectivity index (χ1v) is 16.8. The first-order valence-electron chi connectivity index (χ1n) is 19.5. The van der Waals surface area contributed by atoms with E-state index in [4.69, 9.17) is 27.6 Å². The number of aromatic nitrogens is 3. The summed E-state index contributed by atoms with van der Waals surface area (Å²) in [5.41, 5.74) is 6.01. The topological polar surface area (TPSA) is 51.8 Å². The van der Waals surface area contributed by atoms with E-state index in [1.165, 1.54) is 0 Å². The van der Waals surface area contributed by atoms with Gasteiger partial charge in [0.05, 0.1) is 9.60 Å². The predicted molar refractivity (Wildman–Crippen MR) is 207 cm³/mol. The minimum atomic E-state index is -0.406. The number of thiophene rings is 1. The standard InChI is InChI=1S/C45H27N3OS/c1-3-12-28(13-4-1)31-24-32(34-18-11-21-41-42(34)37-17-8-10-20-40(37)50-41)26-33(25-31)45-47-43(29-14-5-2-6-15-29)46-44(48-45)30-22-23-36-35-16-7-9-19-38(35)49-39(36)27-30/h1-27H/i8D,10D,11D,17D,18D,20D,21D. The van der Waals surface area contributed by atoms with E-state index in [1.54, 1.807) is 0 Å². The molecule has 0 spiro atoms. The van der Waals surface area contributed by atoms with Crippen LogP contribution < -0.4 is 0 Å². The number of para-hydroxylation sites is 1. The molecule has 0 amide bonds. The summed E-state index contributed by atoms with van der Waals surface area (Å²) in [5, 5.41) is 2.55. The normalized spacial score (nSPS) is 13.6. The van der Waals surface area contributed by atoms with Crippen LogP contribution in [0.2, 0.25) is 0 Å². The lowest BCUT2D eigenvalue weighted by atomic mass is 9.93. The molecule has 7 aromatic carbocycles. The lowest BCUT2D eigenvalue weighted by Gasteiger charge is -2.13. The molecule has 0 bridgehead atoms. The van der Waals surface area contributed by atoms with E-state index in [-0.39, 0.29) is 51.9 Å². The summed E-state index contributed by atoms with van der Waals surface area (Å²) in [5.74, 6) is 1.22. The largest absolute Gasteiger partial charge is 0.456 e. The van der Waals surface area contributed by atoms with Crippen LogP contribution in [-0.2, 0) is 0 Å². The molecule has 4 nitrogen and oxygen atoms in total. The van der Waals surface area contributed by atoms with Gasteiger partial charge in [0.15, 0.2) is 17.5 Å². The minimum absolute atomic E-state index is 0.202. The van der Waals surface area contributed by atoms with Crippen molar-refractivity contribution in [2.45, 2.75) is 0 Å². The van der Waals surface area contributed by atoms with Gasteiger partial charge in [0.1, 0.15) is 11.2 Å². The van der Waals surface area contributed by atoms with Gasteiger partial charge in [-0.1, -0.05) is 115 Å². The molecule has 0 atom stereocenters. The van der Waals surface area contributed by atoms with Crippen LogP contribution in [0.1, 0.15) is 9.60 Å². The zero-order valence-electron chi connectivity index (χ0n) is 33.2. The molecular formula is C45H27N3OS. The van der Waals surface area contributed by atoms with Crippen LogP contribution in [0.3, 0.4) is 0 Å². The van der Waals surface area contributed by atoms with Gasteiger partial charge in [-0.15, -0.1) is 11.3 Å². The molecule has 0 aliphatic rings. The molecule has 234 valence electrons. The van der Waals surface area contributed by atoms with E-state index < -0.39 is 6.04 Å². The van der Waals surface area contributed by atoms with Crippen LogP contribution in [-0.4, -0.2) is 15.0 Å². The van der Waals surface area contributed by atoms with Crippen molar-refractivity contribution in [2.24, 2.45) is 0 Å². The summed E-state index contributed by atoms with van der Waals surface area (Å²) >= 11 is 1.04. The van der Waals surface area contributed by atoms with Gasteiger partial charge in [-0.25, -0.2) is 15.0 Å². The number of hydrogen-bond donors (Lipinski definition) is 0. The van der Waals surface area contributed by atoms with Gasteiger partial charge in [-0.2, -0.15) is 0 Å². The summed E-state index contributed by atoms with van der Waals surface area (Å²) in [4.78, 5) is 15.0. The number of benzene rings is 7. The smallest absolute Gasteiger partial charge is 0.164 e. The summed E-state index contributed by atoms with van der Waals surface area (Å²) < 4.78 is 68.3. The molecule has 0 aliphatic heterocycles. The van der Waals surface area contributed by atoms with Crippen molar-refractivity contribution in [3.63, 3.8) is 0 Å². The molecule has 0 unspecified atom stereocenters. The highest BCUT2D eigenvalue weighted by molar-refractivity contribution is 7.25. The molecule has 0 saturated carbocycles. The summed E-state index contributed by atoms with van der Waals surface area (Å²) in [7, 11) is 0. The highest BCUT2D eigenvalue weighted by Gasteiger charge is 2.18. The van der Waals surface area contributed by atoms with Crippen LogP contribution in [0.4, 0.5) is 0 Å². The Morgan fingerprint density at radius 2 is 1.08 bits per heavy atom. The first kappa shape index (κ1) is 22.3. The molecule has 0 saturated heterocycles. The van der Waals surface area contributed by atoms with Gasteiger partial charge in [-0.05, 0) is 70.7 Å². The predicted octanol–water partition coefficient (Wildman–Crippen LogP) is 12.5. The first-order chi connectivity index (χ1) is 27.7. The van der Waals surface area contributed by atoms with Gasteiger partial charge < -0.3 is 4.42 Å². The maximum Gasteiger partial charge on any atom is 0.164 e. The Balaban J connectivity index is 1.27. The Hall–Kier alpha value is -6.43. The quantitative estimate of drug-likeness (QED) is 0.184. The Morgan fingerprint density at radius 1 is 0.440 bits per heavy atom. The average molecular weight is 665 g/mol. The molecule has 50 heavy (non-hydrogen) atoms. The van der Waals surface area contributed by atoms with Crippen molar-refractivity contribution >= 4 is 53.4 Å². The second-order valence-corrected chi connectivity index (χ2v) is 12.9. The van der Waals surface area contributed by atoms with Gasteiger partial charge in [-0.3, -0.25) is 0 Å². The molecule has 0 N–H and O–H groups in total. The van der Waals surface area contributed by atoms with Crippen molar-refractivity contribution in [2.75, 3.05) is 0 Å². The fourth-order valence-corrected chi connectivity index (χ4v) is 7.46. The van der Waals surface area contributed by atoms with Gasteiger partial charge >= 0.3 is 0 Å².